The fourth-order valence-electron chi connectivity index (χ4n) is 10.7. The maximum Gasteiger partial charge on any atom is 0.268 e. The van der Waals surface area contributed by atoms with Crippen LogP contribution in [0.2, 0.25) is 0 Å². The number of carbonyl (C=O) groups excluding carboxylic acids is 1. The Kier molecular flexibility index (Phi) is 62.3. The van der Waals surface area contributed by atoms with E-state index in [1.54, 1.807) is 6.08 Å². The number of rotatable bonds is 66. The Morgan fingerprint density at radius 1 is 0.427 bits per heavy atom. The van der Waals surface area contributed by atoms with Crippen LogP contribution in [0.25, 0.3) is 0 Å². The molecule has 0 saturated carbocycles. The fourth-order valence-corrected chi connectivity index (χ4v) is 11.4. The van der Waals surface area contributed by atoms with Gasteiger partial charge in [0.25, 0.3) is 7.82 Å². The Hall–Kier alpha value is -1.80. The standard InChI is InChI=1S/C73H139N2O6P/c1-6-8-10-12-14-16-18-20-22-24-26-28-30-32-33-34-35-36-37-38-39-40-41-43-45-47-49-51-53-55-57-59-61-63-65-67-73(77)74-71(70-81-82(78,79)80-69-68-75(3,4)5)72(76)66-64-62-60-58-56-54-52-50-48-46-44-42-31-29-27-25-23-21-19-17-15-13-11-9-7-2/h18,20,24,26,30,32,56,58,64,66,71-72,76H,6-17,19,21-23,25,27-29,31,33-55,57,59-63,65,67-70H2,1-5H3,(H-,74,77,78,79)/b20-18-,26-24-,32-30-,58-56+,66-64+. The van der Waals surface area contributed by atoms with Crippen molar-refractivity contribution in [2.24, 2.45) is 0 Å². The third kappa shape index (κ3) is 65.7. The average Bonchev–Trinajstić information content (AvgIpc) is 3.45. The van der Waals surface area contributed by atoms with Crippen molar-refractivity contribution in [3.05, 3.63) is 60.8 Å². The lowest BCUT2D eigenvalue weighted by molar-refractivity contribution is -0.870. The zero-order valence-corrected chi connectivity index (χ0v) is 56.1. The number of phosphoric ester groups is 1. The maximum absolute atomic E-state index is 13.0. The van der Waals surface area contributed by atoms with Gasteiger partial charge in [0.15, 0.2) is 0 Å². The molecule has 0 radical (unpaired) electrons. The smallest absolute Gasteiger partial charge is 0.268 e. The number of allylic oxidation sites excluding steroid dienone is 9. The first-order valence-electron chi connectivity index (χ1n) is 35.7. The molecule has 9 heteroatoms. The Bertz CT molecular complexity index is 1520. The molecule has 82 heavy (non-hydrogen) atoms. The van der Waals surface area contributed by atoms with Crippen molar-refractivity contribution in [3.63, 3.8) is 0 Å². The van der Waals surface area contributed by atoms with Gasteiger partial charge in [0.05, 0.1) is 39.9 Å². The molecule has 0 aliphatic rings. The number of aliphatic hydroxyl groups is 1. The van der Waals surface area contributed by atoms with E-state index >= 15 is 0 Å². The molecule has 0 fully saturated rings. The number of phosphoric acid groups is 1. The predicted molar refractivity (Wildman–Crippen MR) is 357 cm³/mol. The Morgan fingerprint density at radius 2 is 0.720 bits per heavy atom. The molecule has 3 atom stereocenters. The molecule has 0 aromatic heterocycles. The van der Waals surface area contributed by atoms with Crippen molar-refractivity contribution >= 4 is 13.7 Å². The molecule has 0 aliphatic heterocycles. The van der Waals surface area contributed by atoms with Crippen LogP contribution in [0.3, 0.4) is 0 Å². The lowest BCUT2D eigenvalue weighted by Crippen LogP contribution is -2.45. The molecule has 0 saturated heterocycles. The third-order valence-corrected chi connectivity index (χ3v) is 17.2. The van der Waals surface area contributed by atoms with Crippen LogP contribution in [0, 0.1) is 0 Å². The summed E-state index contributed by atoms with van der Waals surface area (Å²) in [7, 11) is 1.26. The number of likely N-dealkylation sites (N-methyl/N-ethyl adjacent to an activating group) is 1. The summed E-state index contributed by atoms with van der Waals surface area (Å²) >= 11 is 0. The van der Waals surface area contributed by atoms with Crippen LogP contribution in [0.5, 0.6) is 0 Å². The molecule has 0 rings (SSSR count). The summed E-state index contributed by atoms with van der Waals surface area (Å²) in [4.78, 5) is 25.6. The predicted octanol–water partition coefficient (Wildman–Crippen LogP) is 22.1. The van der Waals surface area contributed by atoms with Gasteiger partial charge in [-0.2, -0.15) is 0 Å². The molecule has 0 aliphatic carbocycles. The first-order valence-corrected chi connectivity index (χ1v) is 37.1. The average molecular weight is 1170 g/mol. The van der Waals surface area contributed by atoms with Gasteiger partial charge in [-0.15, -0.1) is 0 Å². The monoisotopic (exact) mass is 1170 g/mol. The van der Waals surface area contributed by atoms with Crippen LogP contribution in [0.1, 0.15) is 348 Å². The van der Waals surface area contributed by atoms with Gasteiger partial charge in [-0.25, -0.2) is 0 Å². The Morgan fingerprint density at radius 3 is 1.07 bits per heavy atom. The highest BCUT2D eigenvalue weighted by Gasteiger charge is 2.23. The minimum absolute atomic E-state index is 0.00594. The van der Waals surface area contributed by atoms with E-state index < -0.39 is 26.6 Å². The lowest BCUT2D eigenvalue weighted by Gasteiger charge is -2.29. The van der Waals surface area contributed by atoms with Crippen molar-refractivity contribution in [1.29, 1.82) is 0 Å². The summed E-state index contributed by atoms with van der Waals surface area (Å²) in [6.07, 6.45) is 87.8. The normalized spacial score (nSPS) is 14.0. The zero-order valence-electron chi connectivity index (χ0n) is 55.2. The van der Waals surface area contributed by atoms with Crippen molar-refractivity contribution in [2.45, 2.75) is 360 Å². The van der Waals surface area contributed by atoms with Gasteiger partial charge in [0, 0.05) is 6.42 Å². The van der Waals surface area contributed by atoms with Gasteiger partial charge in [-0.3, -0.25) is 9.36 Å². The van der Waals surface area contributed by atoms with E-state index in [0.717, 1.165) is 51.4 Å². The van der Waals surface area contributed by atoms with Crippen LogP contribution in [0.15, 0.2) is 60.8 Å². The lowest BCUT2D eigenvalue weighted by atomic mass is 10.0. The number of hydrogen-bond donors (Lipinski definition) is 2. The van der Waals surface area contributed by atoms with Gasteiger partial charge in [0.2, 0.25) is 5.91 Å². The SMILES string of the molecule is CCCCCCC/C=C\C/C=C\C/C=C\CCCCCCCCCCCCCCCCCCCCCCC(=O)NC(COP(=O)([O-])OCC[N+](C)(C)C)C(O)/C=C/CC/C=C/CCCCCCCCCCCCCCCCCCCCC. The molecule has 0 spiro atoms. The van der Waals surface area contributed by atoms with E-state index in [-0.39, 0.29) is 12.5 Å². The maximum atomic E-state index is 13.0. The molecule has 0 bridgehead atoms. The van der Waals surface area contributed by atoms with Gasteiger partial charge in [0.1, 0.15) is 13.2 Å². The Balaban J connectivity index is 4.05. The van der Waals surface area contributed by atoms with E-state index in [4.69, 9.17) is 9.05 Å². The first-order chi connectivity index (χ1) is 40.0. The summed E-state index contributed by atoms with van der Waals surface area (Å²) in [5, 5.41) is 13.9. The quantitative estimate of drug-likeness (QED) is 0.0272. The summed E-state index contributed by atoms with van der Waals surface area (Å²) < 4.78 is 23.4. The molecular formula is C73H139N2O6P. The van der Waals surface area contributed by atoms with Crippen LogP contribution in [0.4, 0.5) is 0 Å². The van der Waals surface area contributed by atoms with Gasteiger partial charge in [-0.1, -0.05) is 331 Å². The van der Waals surface area contributed by atoms with Gasteiger partial charge >= 0.3 is 0 Å². The molecule has 3 unspecified atom stereocenters. The fraction of sp³-hybridized carbons (Fsp3) is 0.849. The van der Waals surface area contributed by atoms with Crippen molar-refractivity contribution < 1.29 is 32.9 Å². The van der Waals surface area contributed by atoms with Gasteiger partial charge in [-0.05, 0) is 70.6 Å². The van der Waals surface area contributed by atoms with E-state index in [9.17, 15) is 19.4 Å². The number of unbranched alkanes of at least 4 members (excludes halogenated alkanes) is 45. The summed E-state index contributed by atoms with van der Waals surface area (Å²) in [5.74, 6) is -0.202. The van der Waals surface area contributed by atoms with Crippen molar-refractivity contribution in [2.75, 3.05) is 40.9 Å². The highest BCUT2D eigenvalue weighted by Crippen LogP contribution is 2.38. The number of hydrogen-bond acceptors (Lipinski definition) is 6. The van der Waals surface area contributed by atoms with Crippen LogP contribution in [-0.2, 0) is 18.4 Å². The number of nitrogens with zero attached hydrogens (tertiary/aromatic N) is 1. The second-order valence-corrected chi connectivity index (χ2v) is 27.0. The topological polar surface area (TPSA) is 108 Å². The molecule has 8 nitrogen and oxygen atoms in total. The molecule has 0 heterocycles. The molecule has 2 N–H and O–H groups in total. The molecular weight excluding hydrogens is 1030 g/mol. The zero-order chi connectivity index (χ0) is 59.8. The summed E-state index contributed by atoms with van der Waals surface area (Å²) in [6.45, 7) is 4.66. The van der Waals surface area contributed by atoms with E-state index in [0.29, 0.717) is 17.4 Å². The molecule has 0 aromatic carbocycles. The minimum Gasteiger partial charge on any atom is -0.756 e. The largest absolute Gasteiger partial charge is 0.756 e. The van der Waals surface area contributed by atoms with E-state index in [1.165, 1.54) is 276 Å². The van der Waals surface area contributed by atoms with Crippen molar-refractivity contribution in [1.82, 2.24) is 5.32 Å². The van der Waals surface area contributed by atoms with E-state index in [2.05, 4.69) is 67.8 Å². The van der Waals surface area contributed by atoms with Crippen LogP contribution >= 0.6 is 7.82 Å². The molecule has 1 amide bonds. The van der Waals surface area contributed by atoms with Crippen LogP contribution < -0.4 is 10.2 Å². The number of aliphatic hydroxyl groups excluding tert-OH is 1. The highest BCUT2D eigenvalue weighted by atomic mass is 31.2. The third-order valence-electron chi connectivity index (χ3n) is 16.2. The summed E-state index contributed by atoms with van der Waals surface area (Å²) in [6, 6.07) is -0.905. The first kappa shape index (κ1) is 80.2. The minimum atomic E-state index is -4.61. The molecule has 0 aromatic rings. The molecule has 482 valence electrons. The highest BCUT2D eigenvalue weighted by molar-refractivity contribution is 7.45. The number of quaternary nitrogens is 1. The number of amides is 1. The Labute approximate surface area is 511 Å². The van der Waals surface area contributed by atoms with Crippen molar-refractivity contribution in [3.8, 4) is 0 Å². The van der Waals surface area contributed by atoms with Crippen LogP contribution in [-0.4, -0.2) is 68.5 Å². The summed E-state index contributed by atoms with van der Waals surface area (Å²) in [5.41, 5.74) is 0. The second-order valence-electron chi connectivity index (χ2n) is 25.6. The second kappa shape index (κ2) is 63.7. The number of carbonyl (C=O) groups is 1. The van der Waals surface area contributed by atoms with E-state index in [1.807, 2.05) is 27.2 Å². The van der Waals surface area contributed by atoms with Gasteiger partial charge < -0.3 is 28.8 Å². The number of nitrogens with one attached hydrogen (secondary N) is 1.